The molecule has 0 aliphatic carbocycles. The molecular weight excluding hydrogens is 310 g/mol. The quantitative estimate of drug-likeness (QED) is 0.531. The Morgan fingerprint density at radius 3 is 1.42 bits per heavy atom. The monoisotopic (exact) mass is 314 g/mol. The molecule has 0 amide bonds. The molecule has 0 unspecified atom stereocenters. The van der Waals surface area contributed by atoms with Crippen molar-refractivity contribution in [3.8, 4) is 0 Å². The van der Waals surface area contributed by atoms with Crippen LogP contribution in [0, 0.1) is 0 Å². The van der Waals surface area contributed by atoms with Gasteiger partial charge in [-0.05, 0) is 0 Å². The van der Waals surface area contributed by atoms with Crippen LogP contribution < -0.4 is 0 Å². The third kappa shape index (κ3) is 6.24. The van der Waals surface area contributed by atoms with Gasteiger partial charge in [0, 0.05) is 6.92 Å². The first-order valence-electron chi connectivity index (χ1n) is 3.95. The Morgan fingerprint density at radius 2 is 1.11 bits per heavy atom. The summed E-state index contributed by atoms with van der Waals surface area (Å²) in [5.41, 5.74) is 0. The summed E-state index contributed by atoms with van der Waals surface area (Å²) in [7, 11) is 0. The fraction of sp³-hybridized carbons (Fsp3) is 1.00. The first-order chi connectivity index (χ1) is 8.08. The van der Waals surface area contributed by atoms with Crippen molar-refractivity contribution in [1.82, 2.24) is 0 Å². The third-order valence-corrected chi connectivity index (χ3v) is 1.12. The van der Waals surface area contributed by atoms with Gasteiger partial charge < -0.3 is 0 Å². The van der Waals surface area contributed by atoms with E-state index in [1.807, 2.05) is 4.74 Å². The summed E-state index contributed by atoms with van der Waals surface area (Å²) in [6.45, 7) is -4.75. The molecule has 0 saturated carbocycles. The molecule has 0 saturated heterocycles. The third-order valence-electron chi connectivity index (χ3n) is 1.12. The first-order valence-corrected chi connectivity index (χ1v) is 3.95. The second-order valence-electron chi connectivity index (χ2n) is 2.89. The number of hydrogen-bond acceptors (Lipinski definition) is 3. The van der Waals surface area contributed by atoms with Crippen LogP contribution >= 0.6 is 0 Å². The van der Waals surface area contributed by atoms with E-state index in [0.717, 1.165) is 0 Å². The number of rotatable bonds is 7. The number of hydrogen-bond donors (Lipinski definition) is 0. The van der Waals surface area contributed by atoms with Gasteiger partial charge in [0.25, 0.3) is 0 Å². The van der Waals surface area contributed by atoms with Crippen LogP contribution in [0.3, 0.4) is 0 Å². The molecule has 0 aromatic heterocycles. The van der Waals surface area contributed by atoms with Gasteiger partial charge in [-0.15, -0.1) is 8.78 Å². The highest BCUT2D eigenvalue weighted by Gasteiger charge is 2.67. The second-order valence-corrected chi connectivity index (χ2v) is 2.89. The largest absolute Gasteiger partial charge is 0.494 e. The molecule has 0 heterocycles. The smallest absolute Gasteiger partial charge is 0.248 e. The maximum atomic E-state index is 12.4. The second kappa shape index (κ2) is 5.28. The lowest BCUT2D eigenvalue weighted by atomic mass is 10.5. The minimum atomic E-state index is -6.37. The fourth-order valence-corrected chi connectivity index (χ4v) is 0.621. The van der Waals surface area contributed by atoms with E-state index in [1.54, 1.807) is 0 Å². The summed E-state index contributed by atoms with van der Waals surface area (Å²) < 4.78 is 127. The van der Waals surface area contributed by atoms with Crippen LogP contribution in [0.25, 0.3) is 0 Å². The predicted molar refractivity (Wildman–Crippen MR) is 34.7 cm³/mol. The lowest BCUT2D eigenvalue weighted by Gasteiger charge is -2.29. The van der Waals surface area contributed by atoms with Crippen molar-refractivity contribution in [2.24, 2.45) is 0 Å². The van der Waals surface area contributed by atoms with E-state index in [-0.39, 0.29) is 0 Å². The average molecular weight is 314 g/mol. The van der Waals surface area contributed by atoms with Crippen molar-refractivity contribution in [2.75, 3.05) is 0 Å². The van der Waals surface area contributed by atoms with Crippen molar-refractivity contribution in [1.29, 1.82) is 0 Å². The molecule has 0 aliphatic heterocycles. The van der Waals surface area contributed by atoms with Crippen LogP contribution in [0.1, 0.15) is 6.92 Å². The van der Waals surface area contributed by atoms with Gasteiger partial charge in [0.2, 0.25) is 0 Å². The zero-order chi connectivity index (χ0) is 15.7. The molecule has 0 rings (SSSR count). The highest BCUT2D eigenvalue weighted by atomic mass is 19.3. The normalized spacial score (nSPS) is 15.2. The van der Waals surface area contributed by atoms with Gasteiger partial charge in [-0.3, -0.25) is 0 Å². The minimum Gasteiger partial charge on any atom is -0.248 e. The van der Waals surface area contributed by atoms with Gasteiger partial charge in [-0.25, -0.2) is 14.2 Å². The lowest BCUT2D eigenvalue weighted by molar-refractivity contribution is -0.554. The van der Waals surface area contributed by atoms with Gasteiger partial charge in [0.1, 0.15) is 0 Å². The summed E-state index contributed by atoms with van der Waals surface area (Å²) in [6.07, 6.45) is -23.3. The van der Waals surface area contributed by atoms with Crippen LogP contribution in [0.2, 0.25) is 0 Å². The number of alkyl halides is 10. The Morgan fingerprint density at radius 1 is 0.737 bits per heavy atom. The van der Waals surface area contributed by atoms with Gasteiger partial charge >= 0.3 is 31.2 Å². The van der Waals surface area contributed by atoms with Crippen LogP contribution in [0.4, 0.5) is 43.9 Å². The summed E-state index contributed by atoms with van der Waals surface area (Å²) in [6, 6.07) is 0. The summed E-state index contributed by atoms with van der Waals surface area (Å²) >= 11 is 0. The maximum Gasteiger partial charge on any atom is 0.494 e. The summed E-state index contributed by atoms with van der Waals surface area (Å²) in [5, 5.41) is 0. The highest BCUT2D eigenvalue weighted by Crippen LogP contribution is 2.43. The van der Waals surface area contributed by atoms with E-state index in [4.69, 9.17) is 0 Å². The molecule has 0 atom stereocenters. The molecule has 0 bridgehead atoms. The van der Waals surface area contributed by atoms with Crippen molar-refractivity contribution in [3.63, 3.8) is 0 Å². The van der Waals surface area contributed by atoms with Crippen molar-refractivity contribution >= 4 is 0 Å². The standard InChI is InChI=1S/C6H4F10O3/c1-3(9,10)18-4(11,12)5(13,14)19-6(15,16)17-2(7)8/h2H,1H3. The predicted octanol–water partition coefficient (Wildman–Crippen LogP) is 3.61. The molecular formula is C6H4F10O3. The van der Waals surface area contributed by atoms with Crippen molar-refractivity contribution < 1.29 is 58.1 Å². The Kier molecular flexibility index (Phi) is 5.05. The molecule has 0 N–H and O–H groups in total. The summed E-state index contributed by atoms with van der Waals surface area (Å²) in [4.78, 5) is 0. The molecule has 0 fully saturated rings. The zero-order valence-electron chi connectivity index (χ0n) is 8.58. The van der Waals surface area contributed by atoms with E-state index < -0.39 is 38.2 Å². The Bertz CT molecular complexity index is 298. The van der Waals surface area contributed by atoms with Crippen molar-refractivity contribution in [3.05, 3.63) is 0 Å². The summed E-state index contributed by atoms with van der Waals surface area (Å²) in [5.74, 6) is 0. The van der Waals surface area contributed by atoms with Crippen LogP contribution in [-0.2, 0) is 14.2 Å². The van der Waals surface area contributed by atoms with E-state index in [0.29, 0.717) is 0 Å². The fourth-order valence-electron chi connectivity index (χ4n) is 0.621. The maximum absolute atomic E-state index is 12.4. The molecule has 3 nitrogen and oxygen atoms in total. The molecule has 0 aromatic carbocycles. The highest BCUT2D eigenvalue weighted by molar-refractivity contribution is 4.69. The van der Waals surface area contributed by atoms with Crippen LogP contribution in [0.15, 0.2) is 0 Å². The number of ether oxygens (including phenoxy) is 3. The van der Waals surface area contributed by atoms with E-state index in [1.165, 1.54) is 0 Å². The zero-order valence-corrected chi connectivity index (χ0v) is 8.58. The van der Waals surface area contributed by atoms with Crippen LogP contribution in [0.5, 0.6) is 0 Å². The molecule has 19 heavy (non-hydrogen) atoms. The van der Waals surface area contributed by atoms with Crippen molar-refractivity contribution in [2.45, 2.75) is 38.2 Å². The van der Waals surface area contributed by atoms with Gasteiger partial charge in [-0.2, -0.15) is 35.1 Å². The van der Waals surface area contributed by atoms with E-state index >= 15 is 0 Å². The Hall–Kier alpha value is -0.820. The van der Waals surface area contributed by atoms with E-state index in [9.17, 15) is 43.9 Å². The lowest BCUT2D eigenvalue weighted by Crippen LogP contribution is -2.52. The molecule has 0 spiro atoms. The topological polar surface area (TPSA) is 27.7 Å². The average Bonchev–Trinajstić information content (AvgIpc) is 1.91. The van der Waals surface area contributed by atoms with Gasteiger partial charge in [0.05, 0.1) is 0 Å². The molecule has 0 aliphatic rings. The van der Waals surface area contributed by atoms with Crippen LogP contribution in [-0.4, -0.2) is 31.2 Å². The molecule has 0 radical (unpaired) electrons. The molecule has 116 valence electrons. The van der Waals surface area contributed by atoms with Gasteiger partial charge in [0.15, 0.2) is 0 Å². The number of halogens is 10. The Labute approximate surface area is 97.6 Å². The minimum absolute atomic E-state index is 0.398. The van der Waals surface area contributed by atoms with Gasteiger partial charge in [-0.1, -0.05) is 0 Å². The Balaban J connectivity index is 4.95. The van der Waals surface area contributed by atoms with E-state index in [2.05, 4.69) is 9.47 Å². The SMILES string of the molecule is CC(F)(F)OC(F)(F)C(F)(F)OC(F)(F)OC(F)F. The molecule has 13 heteroatoms. The molecule has 0 aromatic rings. The first kappa shape index (κ1) is 18.2.